The Hall–Kier alpha value is -2.60. The first kappa shape index (κ1) is 15.9. The molecule has 1 N–H and O–H groups in total. The molecule has 1 aliphatic rings. The van der Waals surface area contributed by atoms with Crippen LogP contribution in [0.1, 0.15) is 23.0 Å². The number of rotatable bonds is 3. The lowest BCUT2D eigenvalue weighted by atomic mass is 10.1. The van der Waals surface area contributed by atoms with Crippen molar-refractivity contribution < 1.29 is 14.1 Å². The molecule has 4 rings (SSSR count). The van der Waals surface area contributed by atoms with E-state index in [9.17, 15) is 4.79 Å². The first-order chi connectivity index (χ1) is 12.1. The third kappa shape index (κ3) is 3.17. The van der Waals surface area contributed by atoms with E-state index in [1.807, 2.05) is 49.4 Å². The van der Waals surface area contributed by atoms with Crippen LogP contribution in [0.3, 0.4) is 0 Å². The zero-order valence-electron chi connectivity index (χ0n) is 13.5. The lowest BCUT2D eigenvalue weighted by Gasteiger charge is -2.04. The van der Waals surface area contributed by atoms with Crippen LogP contribution < -0.4 is 10.1 Å². The maximum atomic E-state index is 12.4. The molecule has 0 bridgehead atoms. The molecule has 1 atom stereocenters. The fourth-order valence-electron chi connectivity index (χ4n) is 2.84. The number of anilines is 1. The summed E-state index contributed by atoms with van der Waals surface area (Å²) in [6.45, 7) is 2.04. The number of ether oxygens (including phenoxy) is 1. The number of amides is 1. The Labute approximate surface area is 153 Å². The van der Waals surface area contributed by atoms with Crippen LogP contribution in [0.15, 0.2) is 57.5 Å². The summed E-state index contributed by atoms with van der Waals surface area (Å²) in [7, 11) is 0. The third-order valence-corrected chi connectivity index (χ3v) is 4.74. The smallest absolute Gasteiger partial charge is 0.277 e. The van der Waals surface area contributed by atoms with Crippen LogP contribution in [-0.4, -0.2) is 17.2 Å². The molecule has 0 radical (unpaired) electrons. The highest BCUT2D eigenvalue weighted by Gasteiger charge is 2.21. The van der Waals surface area contributed by atoms with E-state index < -0.39 is 0 Å². The molecule has 0 unspecified atom stereocenters. The number of hydrogen-bond donors (Lipinski definition) is 1. The number of para-hydroxylation sites is 1. The second-order valence-corrected chi connectivity index (χ2v) is 6.82. The fourth-order valence-corrected chi connectivity index (χ4v) is 3.23. The number of benzene rings is 2. The molecule has 25 heavy (non-hydrogen) atoms. The van der Waals surface area contributed by atoms with Crippen LogP contribution in [0.2, 0.25) is 0 Å². The number of nitrogens with zero attached hydrogens (tertiary/aromatic N) is 1. The Morgan fingerprint density at radius 2 is 2.08 bits per heavy atom. The molecule has 2 aromatic carbocycles. The average molecular weight is 399 g/mol. The lowest BCUT2D eigenvalue weighted by molar-refractivity contribution is 0.101. The van der Waals surface area contributed by atoms with Crippen LogP contribution in [0.5, 0.6) is 5.75 Å². The van der Waals surface area contributed by atoms with E-state index in [1.165, 1.54) is 0 Å². The maximum absolute atomic E-state index is 12.4. The Morgan fingerprint density at radius 3 is 2.92 bits per heavy atom. The largest absolute Gasteiger partial charge is 0.490 e. The summed E-state index contributed by atoms with van der Waals surface area (Å²) in [5.41, 5.74) is 2.93. The number of carbonyl (C=O) groups is 1. The van der Waals surface area contributed by atoms with E-state index in [2.05, 4.69) is 26.4 Å². The van der Waals surface area contributed by atoms with Crippen LogP contribution in [0.4, 0.5) is 5.69 Å². The van der Waals surface area contributed by atoms with E-state index in [-0.39, 0.29) is 17.7 Å². The SMILES string of the molecule is C[C@H]1Cc2cc(-c3cc(C(=O)Nc4ccccc4Br)no3)ccc2O1. The molecule has 126 valence electrons. The Kier molecular flexibility index (Phi) is 4.05. The quantitative estimate of drug-likeness (QED) is 0.695. The van der Waals surface area contributed by atoms with Crippen LogP contribution >= 0.6 is 15.9 Å². The first-order valence-corrected chi connectivity index (χ1v) is 8.72. The van der Waals surface area contributed by atoms with Crippen molar-refractivity contribution in [1.29, 1.82) is 0 Å². The van der Waals surface area contributed by atoms with E-state index in [0.29, 0.717) is 11.4 Å². The molecular formula is C19H15BrN2O3. The van der Waals surface area contributed by atoms with Gasteiger partial charge in [0.25, 0.3) is 5.91 Å². The molecule has 0 spiro atoms. The molecule has 5 nitrogen and oxygen atoms in total. The van der Waals surface area contributed by atoms with Crippen molar-refractivity contribution in [2.75, 3.05) is 5.32 Å². The molecular weight excluding hydrogens is 384 g/mol. The minimum absolute atomic E-state index is 0.186. The van der Waals surface area contributed by atoms with Crippen molar-refractivity contribution in [3.8, 4) is 17.1 Å². The Morgan fingerprint density at radius 1 is 1.24 bits per heavy atom. The van der Waals surface area contributed by atoms with Gasteiger partial charge in [-0.2, -0.15) is 0 Å². The van der Waals surface area contributed by atoms with Crippen molar-refractivity contribution in [3.63, 3.8) is 0 Å². The van der Waals surface area contributed by atoms with Crippen molar-refractivity contribution in [2.24, 2.45) is 0 Å². The molecule has 2 heterocycles. The van der Waals surface area contributed by atoms with Crippen molar-refractivity contribution in [1.82, 2.24) is 5.16 Å². The van der Waals surface area contributed by atoms with Gasteiger partial charge in [-0.15, -0.1) is 0 Å². The molecule has 1 amide bonds. The first-order valence-electron chi connectivity index (χ1n) is 7.93. The van der Waals surface area contributed by atoms with E-state index >= 15 is 0 Å². The standard InChI is InChI=1S/C19H15BrN2O3/c1-11-8-13-9-12(6-7-17(13)24-11)18-10-16(22-25-18)19(23)21-15-5-3-2-4-14(15)20/h2-7,9-11H,8H2,1H3,(H,21,23)/t11-/m0/s1. The number of hydrogen-bond acceptors (Lipinski definition) is 4. The number of nitrogens with one attached hydrogen (secondary N) is 1. The summed E-state index contributed by atoms with van der Waals surface area (Å²) >= 11 is 3.40. The van der Waals surface area contributed by atoms with Gasteiger partial charge in [-0.05, 0) is 58.7 Å². The second kappa shape index (κ2) is 6.37. The highest BCUT2D eigenvalue weighted by molar-refractivity contribution is 9.10. The summed E-state index contributed by atoms with van der Waals surface area (Å²) in [6, 6.07) is 14.9. The number of aromatic nitrogens is 1. The Bertz CT molecular complexity index is 951. The van der Waals surface area contributed by atoms with Crippen LogP contribution in [0, 0.1) is 0 Å². The maximum Gasteiger partial charge on any atom is 0.277 e. The molecule has 0 saturated carbocycles. The molecule has 0 saturated heterocycles. The summed E-state index contributed by atoms with van der Waals surface area (Å²) in [4.78, 5) is 12.4. The average Bonchev–Trinajstić information content (AvgIpc) is 3.21. The number of halogens is 1. The van der Waals surface area contributed by atoms with E-state index in [0.717, 1.165) is 27.8 Å². The number of carbonyl (C=O) groups excluding carboxylic acids is 1. The fraction of sp³-hybridized carbons (Fsp3) is 0.158. The minimum atomic E-state index is -0.319. The van der Waals surface area contributed by atoms with Crippen molar-refractivity contribution in [2.45, 2.75) is 19.4 Å². The monoisotopic (exact) mass is 398 g/mol. The van der Waals surface area contributed by atoms with Gasteiger partial charge in [0.2, 0.25) is 0 Å². The Balaban J connectivity index is 1.55. The van der Waals surface area contributed by atoms with Gasteiger partial charge in [-0.3, -0.25) is 4.79 Å². The molecule has 6 heteroatoms. The second-order valence-electron chi connectivity index (χ2n) is 5.97. The highest BCUT2D eigenvalue weighted by atomic mass is 79.9. The van der Waals surface area contributed by atoms with E-state index in [1.54, 1.807) is 6.07 Å². The summed E-state index contributed by atoms with van der Waals surface area (Å²) in [6.07, 6.45) is 1.05. The van der Waals surface area contributed by atoms with Gasteiger partial charge in [-0.25, -0.2) is 0 Å². The van der Waals surface area contributed by atoms with Crippen LogP contribution in [0.25, 0.3) is 11.3 Å². The third-order valence-electron chi connectivity index (χ3n) is 4.05. The molecule has 1 aromatic heterocycles. The topological polar surface area (TPSA) is 64.4 Å². The van der Waals surface area contributed by atoms with Gasteiger partial charge < -0.3 is 14.6 Å². The van der Waals surface area contributed by atoms with Gasteiger partial charge in [-0.1, -0.05) is 17.3 Å². The zero-order chi connectivity index (χ0) is 17.4. The van der Waals surface area contributed by atoms with Crippen LogP contribution in [-0.2, 0) is 6.42 Å². The van der Waals surface area contributed by atoms with Crippen molar-refractivity contribution in [3.05, 3.63) is 64.3 Å². The van der Waals surface area contributed by atoms with Gasteiger partial charge in [0.1, 0.15) is 11.9 Å². The van der Waals surface area contributed by atoms with Crippen molar-refractivity contribution >= 4 is 27.5 Å². The van der Waals surface area contributed by atoms with Gasteiger partial charge in [0, 0.05) is 22.5 Å². The molecule has 0 aliphatic carbocycles. The van der Waals surface area contributed by atoms with Gasteiger partial charge in [0.15, 0.2) is 11.5 Å². The highest BCUT2D eigenvalue weighted by Crippen LogP contribution is 2.33. The van der Waals surface area contributed by atoms with Gasteiger partial charge in [0.05, 0.1) is 5.69 Å². The molecule has 3 aromatic rings. The normalized spacial score (nSPS) is 15.5. The molecule has 1 aliphatic heterocycles. The predicted molar refractivity (Wildman–Crippen MR) is 97.8 cm³/mol. The zero-order valence-corrected chi connectivity index (χ0v) is 15.0. The summed E-state index contributed by atoms with van der Waals surface area (Å²) in [5, 5.41) is 6.70. The molecule has 0 fully saturated rings. The van der Waals surface area contributed by atoms with E-state index in [4.69, 9.17) is 9.26 Å². The number of fused-ring (bicyclic) bond motifs is 1. The summed E-state index contributed by atoms with van der Waals surface area (Å²) < 4.78 is 11.9. The van der Waals surface area contributed by atoms with Gasteiger partial charge >= 0.3 is 0 Å². The summed E-state index contributed by atoms with van der Waals surface area (Å²) in [5.74, 6) is 1.14. The lowest BCUT2D eigenvalue weighted by Crippen LogP contribution is -2.12. The minimum Gasteiger partial charge on any atom is -0.490 e. The predicted octanol–water partition coefficient (Wildman–Crippen LogP) is 4.68.